The molecule has 4 heteroatoms. The highest BCUT2D eigenvalue weighted by atomic mass is 15.3. The quantitative estimate of drug-likeness (QED) is 0.890. The minimum Gasteiger partial charge on any atom is -0.367 e. The van der Waals surface area contributed by atoms with Gasteiger partial charge in [0.1, 0.15) is 5.82 Å². The lowest BCUT2D eigenvalue weighted by Crippen LogP contribution is -2.24. The van der Waals surface area contributed by atoms with E-state index in [4.69, 9.17) is 0 Å². The molecule has 1 saturated carbocycles. The average Bonchev–Trinajstić information content (AvgIpc) is 2.94. The van der Waals surface area contributed by atoms with Gasteiger partial charge in [0.15, 0.2) is 0 Å². The van der Waals surface area contributed by atoms with Crippen molar-refractivity contribution in [2.24, 2.45) is 0 Å². The third kappa shape index (κ3) is 2.74. The maximum absolute atomic E-state index is 4.65. The van der Waals surface area contributed by atoms with Crippen LogP contribution in [0.3, 0.4) is 0 Å². The van der Waals surface area contributed by atoms with Gasteiger partial charge in [-0.2, -0.15) is 4.98 Å². The van der Waals surface area contributed by atoms with Gasteiger partial charge in [0.25, 0.3) is 0 Å². The molecule has 2 aliphatic rings. The van der Waals surface area contributed by atoms with Gasteiger partial charge in [0.2, 0.25) is 5.95 Å². The van der Waals surface area contributed by atoms with Crippen molar-refractivity contribution < 1.29 is 0 Å². The number of nitrogens with one attached hydrogen (secondary N) is 1. The molecule has 1 aromatic rings. The Morgan fingerprint density at radius 3 is 2.61 bits per heavy atom. The first kappa shape index (κ1) is 11.8. The van der Waals surface area contributed by atoms with Crippen LogP contribution in [-0.4, -0.2) is 29.1 Å². The summed E-state index contributed by atoms with van der Waals surface area (Å²) in [6.45, 7) is 2.21. The SMILES string of the molecule is c1cc(NC2CCCCC2)nc(N2CCCC2)n1. The molecule has 0 aromatic carbocycles. The van der Waals surface area contributed by atoms with E-state index in [1.165, 1.54) is 44.9 Å². The fourth-order valence-electron chi connectivity index (χ4n) is 2.95. The summed E-state index contributed by atoms with van der Waals surface area (Å²) in [6, 6.07) is 2.61. The molecular weight excluding hydrogens is 224 g/mol. The van der Waals surface area contributed by atoms with Gasteiger partial charge < -0.3 is 10.2 Å². The third-order valence-corrected chi connectivity index (χ3v) is 3.99. The molecule has 18 heavy (non-hydrogen) atoms. The first-order valence-corrected chi connectivity index (χ1v) is 7.26. The van der Waals surface area contributed by atoms with Crippen LogP contribution in [0.15, 0.2) is 12.3 Å². The highest BCUT2D eigenvalue weighted by Gasteiger charge is 2.17. The van der Waals surface area contributed by atoms with Crippen molar-refractivity contribution in [2.45, 2.75) is 51.0 Å². The molecule has 0 atom stereocenters. The summed E-state index contributed by atoms with van der Waals surface area (Å²) in [5.41, 5.74) is 0. The average molecular weight is 246 g/mol. The monoisotopic (exact) mass is 246 g/mol. The van der Waals surface area contributed by atoms with Crippen molar-refractivity contribution in [2.75, 3.05) is 23.3 Å². The highest BCUT2D eigenvalue weighted by molar-refractivity contribution is 5.42. The van der Waals surface area contributed by atoms with E-state index in [1.807, 2.05) is 12.3 Å². The number of rotatable bonds is 3. The molecule has 1 aliphatic carbocycles. The molecule has 1 aliphatic heterocycles. The number of anilines is 2. The molecule has 2 fully saturated rings. The maximum atomic E-state index is 4.65. The number of hydrogen-bond donors (Lipinski definition) is 1. The van der Waals surface area contributed by atoms with Crippen LogP contribution >= 0.6 is 0 Å². The third-order valence-electron chi connectivity index (χ3n) is 3.99. The number of aromatic nitrogens is 2. The Bertz CT molecular complexity index is 381. The largest absolute Gasteiger partial charge is 0.367 e. The fourth-order valence-corrected chi connectivity index (χ4v) is 2.95. The summed E-state index contributed by atoms with van der Waals surface area (Å²) in [7, 11) is 0. The van der Waals surface area contributed by atoms with E-state index in [0.717, 1.165) is 24.9 Å². The van der Waals surface area contributed by atoms with E-state index in [-0.39, 0.29) is 0 Å². The van der Waals surface area contributed by atoms with Crippen LogP contribution in [0.25, 0.3) is 0 Å². The van der Waals surface area contributed by atoms with Crippen molar-refractivity contribution in [1.29, 1.82) is 0 Å². The van der Waals surface area contributed by atoms with Gasteiger partial charge in [0, 0.05) is 25.3 Å². The second-order valence-corrected chi connectivity index (χ2v) is 5.42. The summed E-state index contributed by atoms with van der Waals surface area (Å²) in [5, 5.41) is 3.57. The summed E-state index contributed by atoms with van der Waals surface area (Å²) in [6.07, 6.45) is 11.1. The highest BCUT2D eigenvalue weighted by Crippen LogP contribution is 2.22. The lowest BCUT2D eigenvalue weighted by atomic mass is 9.95. The Hall–Kier alpha value is -1.32. The predicted octanol–water partition coefficient (Wildman–Crippen LogP) is 2.82. The molecule has 0 spiro atoms. The summed E-state index contributed by atoms with van der Waals surface area (Å²) < 4.78 is 0. The predicted molar refractivity (Wildman–Crippen MR) is 74.0 cm³/mol. The first-order chi connectivity index (χ1) is 8.92. The topological polar surface area (TPSA) is 41.1 Å². The number of hydrogen-bond acceptors (Lipinski definition) is 4. The smallest absolute Gasteiger partial charge is 0.227 e. The second kappa shape index (κ2) is 5.55. The van der Waals surface area contributed by atoms with E-state index in [2.05, 4.69) is 20.2 Å². The lowest BCUT2D eigenvalue weighted by Gasteiger charge is -2.24. The Labute approximate surface area is 109 Å². The van der Waals surface area contributed by atoms with Gasteiger partial charge in [-0.15, -0.1) is 0 Å². The molecule has 1 saturated heterocycles. The normalized spacial score (nSPS) is 21.2. The van der Waals surface area contributed by atoms with Crippen LogP contribution in [-0.2, 0) is 0 Å². The van der Waals surface area contributed by atoms with Crippen LogP contribution in [0.5, 0.6) is 0 Å². The molecule has 98 valence electrons. The minimum atomic E-state index is 0.611. The summed E-state index contributed by atoms with van der Waals surface area (Å²) in [4.78, 5) is 11.3. The van der Waals surface area contributed by atoms with Crippen molar-refractivity contribution in [1.82, 2.24) is 9.97 Å². The van der Waals surface area contributed by atoms with E-state index >= 15 is 0 Å². The Balaban J connectivity index is 1.66. The molecular formula is C14H22N4. The van der Waals surface area contributed by atoms with Gasteiger partial charge in [-0.25, -0.2) is 4.98 Å². The Morgan fingerprint density at radius 1 is 1.06 bits per heavy atom. The van der Waals surface area contributed by atoms with E-state index in [1.54, 1.807) is 0 Å². The molecule has 2 heterocycles. The van der Waals surface area contributed by atoms with Crippen LogP contribution < -0.4 is 10.2 Å². The van der Waals surface area contributed by atoms with E-state index in [0.29, 0.717) is 6.04 Å². The molecule has 0 unspecified atom stereocenters. The van der Waals surface area contributed by atoms with Gasteiger partial charge >= 0.3 is 0 Å². The van der Waals surface area contributed by atoms with Gasteiger partial charge in [0.05, 0.1) is 0 Å². The second-order valence-electron chi connectivity index (χ2n) is 5.42. The lowest BCUT2D eigenvalue weighted by molar-refractivity contribution is 0.462. The van der Waals surface area contributed by atoms with Crippen LogP contribution in [0.4, 0.5) is 11.8 Å². The molecule has 1 aromatic heterocycles. The van der Waals surface area contributed by atoms with Crippen molar-refractivity contribution in [3.05, 3.63) is 12.3 Å². The Morgan fingerprint density at radius 2 is 1.83 bits per heavy atom. The maximum Gasteiger partial charge on any atom is 0.227 e. The van der Waals surface area contributed by atoms with E-state index < -0.39 is 0 Å². The zero-order valence-corrected chi connectivity index (χ0v) is 10.9. The molecule has 3 rings (SSSR count). The van der Waals surface area contributed by atoms with Crippen LogP contribution in [0, 0.1) is 0 Å². The van der Waals surface area contributed by atoms with Gasteiger partial charge in [-0.1, -0.05) is 19.3 Å². The summed E-state index contributed by atoms with van der Waals surface area (Å²) >= 11 is 0. The summed E-state index contributed by atoms with van der Waals surface area (Å²) in [5.74, 6) is 1.90. The molecule has 4 nitrogen and oxygen atoms in total. The molecule has 0 amide bonds. The zero-order chi connectivity index (χ0) is 12.2. The van der Waals surface area contributed by atoms with Crippen LogP contribution in [0.2, 0.25) is 0 Å². The fraction of sp³-hybridized carbons (Fsp3) is 0.714. The van der Waals surface area contributed by atoms with Crippen LogP contribution in [0.1, 0.15) is 44.9 Å². The Kier molecular flexibility index (Phi) is 3.62. The standard InChI is InChI=1S/C14H22N4/c1-2-6-12(7-3-1)16-13-8-9-15-14(17-13)18-10-4-5-11-18/h8-9,12H,1-7,10-11H2,(H,15,16,17). The van der Waals surface area contributed by atoms with Gasteiger partial charge in [-0.3, -0.25) is 0 Å². The first-order valence-electron chi connectivity index (χ1n) is 7.26. The molecule has 0 radical (unpaired) electrons. The van der Waals surface area contributed by atoms with E-state index in [9.17, 15) is 0 Å². The zero-order valence-electron chi connectivity index (χ0n) is 10.9. The number of nitrogens with zero attached hydrogens (tertiary/aromatic N) is 3. The van der Waals surface area contributed by atoms with Crippen molar-refractivity contribution >= 4 is 11.8 Å². The molecule has 0 bridgehead atoms. The van der Waals surface area contributed by atoms with Gasteiger partial charge in [-0.05, 0) is 31.7 Å². The van der Waals surface area contributed by atoms with Crippen molar-refractivity contribution in [3.63, 3.8) is 0 Å². The molecule has 1 N–H and O–H groups in total. The minimum absolute atomic E-state index is 0.611. The van der Waals surface area contributed by atoms with Crippen molar-refractivity contribution in [3.8, 4) is 0 Å².